The van der Waals surface area contributed by atoms with Crippen LogP contribution in [0.4, 0.5) is 0 Å². The molecule has 1 aromatic heterocycles. The number of rotatable bonds is 5. The Labute approximate surface area is 111 Å². The van der Waals surface area contributed by atoms with E-state index in [4.69, 9.17) is 26.8 Å². The van der Waals surface area contributed by atoms with Crippen LogP contribution < -0.4 is 5.73 Å². The molecule has 3 atom stereocenters. The largest absolute Gasteiger partial charge is 0.381 e. The second-order valence-corrected chi connectivity index (χ2v) is 6.23. The Bertz CT molecular complexity index is 350. The van der Waals surface area contributed by atoms with Crippen molar-refractivity contribution in [2.75, 3.05) is 19.8 Å². The number of nitrogens with two attached hydrogens (primary N) is 1. The Morgan fingerprint density at radius 1 is 1.65 bits per heavy atom. The molecule has 0 aliphatic carbocycles. The molecule has 96 valence electrons. The van der Waals surface area contributed by atoms with Gasteiger partial charge in [-0.2, -0.15) is 0 Å². The van der Waals surface area contributed by atoms with E-state index in [-0.39, 0.29) is 12.1 Å². The molecule has 2 N–H and O–H groups in total. The van der Waals surface area contributed by atoms with Crippen LogP contribution in [0.5, 0.6) is 0 Å². The van der Waals surface area contributed by atoms with Gasteiger partial charge in [0, 0.05) is 23.4 Å². The van der Waals surface area contributed by atoms with Crippen LogP contribution in [0.25, 0.3) is 0 Å². The molecule has 0 aromatic carbocycles. The average Bonchev–Trinajstić information content (AvgIpc) is 2.90. The van der Waals surface area contributed by atoms with E-state index >= 15 is 0 Å². The highest BCUT2D eigenvalue weighted by molar-refractivity contribution is 7.16. The van der Waals surface area contributed by atoms with Crippen molar-refractivity contribution >= 4 is 22.9 Å². The van der Waals surface area contributed by atoms with Gasteiger partial charge in [0.1, 0.15) is 6.10 Å². The second-order valence-electron chi connectivity index (χ2n) is 4.48. The predicted molar refractivity (Wildman–Crippen MR) is 70.6 cm³/mol. The molecule has 1 aliphatic rings. The van der Waals surface area contributed by atoms with E-state index in [0.717, 1.165) is 28.8 Å². The first-order valence-corrected chi connectivity index (χ1v) is 7.06. The summed E-state index contributed by atoms with van der Waals surface area (Å²) in [6, 6.07) is 3.84. The van der Waals surface area contributed by atoms with Gasteiger partial charge in [-0.05, 0) is 25.5 Å². The maximum absolute atomic E-state index is 5.97. The Morgan fingerprint density at radius 3 is 3.00 bits per heavy atom. The van der Waals surface area contributed by atoms with Gasteiger partial charge in [-0.15, -0.1) is 11.3 Å². The Hall–Kier alpha value is -0.130. The highest BCUT2D eigenvalue weighted by atomic mass is 35.5. The summed E-state index contributed by atoms with van der Waals surface area (Å²) < 4.78 is 12.0. The quantitative estimate of drug-likeness (QED) is 0.899. The third kappa shape index (κ3) is 3.66. The highest BCUT2D eigenvalue weighted by Gasteiger charge is 2.22. The van der Waals surface area contributed by atoms with E-state index in [2.05, 4.69) is 0 Å². The van der Waals surface area contributed by atoms with E-state index in [1.807, 2.05) is 19.1 Å². The molecule has 1 aromatic rings. The molecule has 3 nitrogen and oxygen atoms in total. The van der Waals surface area contributed by atoms with Gasteiger partial charge in [0.05, 0.1) is 17.6 Å². The van der Waals surface area contributed by atoms with Crippen molar-refractivity contribution in [1.82, 2.24) is 0 Å². The normalized spacial score (nSPS) is 23.8. The van der Waals surface area contributed by atoms with Gasteiger partial charge < -0.3 is 15.2 Å². The topological polar surface area (TPSA) is 44.5 Å². The standard InChI is InChI=1S/C12H18ClNO2S/c1-8(14)12(10-2-3-11(13)17-10)16-7-9-4-5-15-6-9/h2-3,8-9,12H,4-7,14H2,1H3. The Balaban J connectivity index is 1.92. The average molecular weight is 276 g/mol. The molecule has 0 spiro atoms. The fourth-order valence-electron chi connectivity index (χ4n) is 1.93. The van der Waals surface area contributed by atoms with Crippen molar-refractivity contribution < 1.29 is 9.47 Å². The molecule has 0 bridgehead atoms. The molecule has 1 aliphatic heterocycles. The van der Waals surface area contributed by atoms with Gasteiger partial charge in [-0.1, -0.05) is 11.6 Å². The van der Waals surface area contributed by atoms with Crippen molar-refractivity contribution in [3.8, 4) is 0 Å². The first-order chi connectivity index (χ1) is 8.16. The Kier molecular flexibility index (Phi) is 4.82. The summed E-state index contributed by atoms with van der Waals surface area (Å²) >= 11 is 7.47. The first-order valence-electron chi connectivity index (χ1n) is 5.87. The zero-order valence-corrected chi connectivity index (χ0v) is 11.5. The van der Waals surface area contributed by atoms with Gasteiger partial charge in [-0.3, -0.25) is 0 Å². The molecule has 2 rings (SSSR count). The fourth-order valence-corrected chi connectivity index (χ4v) is 3.16. The van der Waals surface area contributed by atoms with E-state index in [0.29, 0.717) is 12.5 Å². The lowest BCUT2D eigenvalue weighted by Gasteiger charge is -2.21. The van der Waals surface area contributed by atoms with Gasteiger partial charge in [-0.25, -0.2) is 0 Å². The molecule has 0 amide bonds. The minimum atomic E-state index is -0.0619. The Morgan fingerprint density at radius 2 is 2.47 bits per heavy atom. The van der Waals surface area contributed by atoms with Crippen molar-refractivity contribution in [2.24, 2.45) is 11.7 Å². The van der Waals surface area contributed by atoms with E-state index in [9.17, 15) is 0 Å². The molecule has 5 heteroatoms. The number of hydrogen-bond acceptors (Lipinski definition) is 4. The van der Waals surface area contributed by atoms with Gasteiger partial charge in [0.15, 0.2) is 0 Å². The van der Waals surface area contributed by atoms with E-state index in [1.165, 1.54) is 11.3 Å². The van der Waals surface area contributed by atoms with Crippen LogP contribution in [-0.4, -0.2) is 25.9 Å². The van der Waals surface area contributed by atoms with Crippen molar-refractivity contribution in [1.29, 1.82) is 0 Å². The smallest absolute Gasteiger partial charge is 0.106 e. The van der Waals surface area contributed by atoms with E-state index < -0.39 is 0 Å². The zero-order valence-electron chi connectivity index (χ0n) is 9.90. The molecule has 2 heterocycles. The lowest BCUT2D eigenvalue weighted by Crippen LogP contribution is -2.28. The third-order valence-electron chi connectivity index (χ3n) is 2.89. The van der Waals surface area contributed by atoms with Crippen LogP contribution in [0.2, 0.25) is 4.34 Å². The fraction of sp³-hybridized carbons (Fsp3) is 0.667. The molecule has 1 saturated heterocycles. The van der Waals surface area contributed by atoms with Crippen LogP contribution in [0, 0.1) is 5.92 Å². The zero-order chi connectivity index (χ0) is 12.3. The molecule has 17 heavy (non-hydrogen) atoms. The summed E-state index contributed by atoms with van der Waals surface area (Å²) in [5.41, 5.74) is 5.97. The van der Waals surface area contributed by atoms with Crippen molar-refractivity contribution in [2.45, 2.75) is 25.5 Å². The van der Waals surface area contributed by atoms with Gasteiger partial charge in [0.2, 0.25) is 0 Å². The van der Waals surface area contributed by atoms with Crippen LogP contribution >= 0.6 is 22.9 Å². The lowest BCUT2D eigenvalue weighted by atomic mass is 10.1. The molecular formula is C12H18ClNO2S. The van der Waals surface area contributed by atoms with E-state index in [1.54, 1.807) is 0 Å². The summed E-state index contributed by atoms with van der Waals surface area (Å²) in [6.07, 6.45) is 1.02. The van der Waals surface area contributed by atoms with Crippen LogP contribution in [0.3, 0.4) is 0 Å². The third-order valence-corrected chi connectivity index (χ3v) is 4.18. The van der Waals surface area contributed by atoms with Gasteiger partial charge in [0.25, 0.3) is 0 Å². The summed E-state index contributed by atoms with van der Waals surface area (Å²) in [7, 11) is 0. The van der Waals surface area contributed by atoms with Crippen LogP contribution in [0.15, 0.2) is 12.1 Å². The first kappa shape index (κ1) is 13.3. The predicted octanol–water partition coefficient (Wildman–Crippen LogP) is 2.84. The molecular weight excluding hydrogens is 258 g/mol. The SMILES string of the molecule is CC(N)C(OCC1CCOC1)c1ccc(Cl)s1. The summed E-state index contributed by atoms with van der Waals surface area (Å²) in [6.45, 7) is 4.32. The minimum Gasteiger partial charge on any atom is -0.381 e. The summed E-state index contributed by atoms with van der Waals surface area (Å²) in [5, 5.41) is 0. The molecule has 1 fully saturated rings. The highest BCUT2D eigenvalue weighted by Crippen LogP contribution is 2.31. The van der Waals surface area contributed by atoms with Crippen molar-refractivity contribution in [3.63, 3.8) is 0 Å². The second kappa shape index (κ2) is 6.16. The summed E-state index contributed by atoms with van der Waals surface area (Å²) in [5.74, 6) is 0.506. The number of hydrogen-bond donors (Lipinski definition) is 1. The minimum absolute atomic E-state index is 0.0351. The molecule has 0 saturated carbocycles. The van der Waals surface area contributed by atoms with Crippen LogP contribution in [-0.2, 0) is 9.47 Å². The monoisotopic (exact) mass is 275 g/mol. The maximum Gasteiger partial charge on any atom is 0.106 e. The number of ether oxygens (including phenoxy) is 2. The van der Waals surface area contributed by atoms with Gasteiger partial charge >= 0.3 is 0 Å². The lowest BCUT2D eigenvalue weighted by molar-refractivity contribution is 0.0155. The van der Waals surface area contributed by atoms with Crippen molar-refractivity contribution in [3.05, 3.63) is 21.3 Å². The van der Waals surface area contributed by atoms with Crippen LogP contribution in [0.1, 0.15) is 24.3 Å². The summed E-state index contributed by atoms with van der Waals surface area (Å²) in [4.78, 5) is 1.10. The number of halogens is 1. The number of thiophene rings is 1. The maximum atomic E-state index is 5.97. The molecule has 0 radical (unpaired) electrons. The molecule has 3 unspecified atom stereocenters.